The summed E-state index contributed by atoms with van der Waals surface area (Å²) in [4.78, 5) is 22.2. The van der Waals surface area contributed by atoms with Gasteiger partial charge in [-0.3, -0.25) is 0 Å². The molecule has 116 valence electrons. The number of urea groups is 1. The number of carbonyl (C=O) groups is 1. The van der Waals surface area contributed by atoms with E-state index in [2.05, 4.69) is 20.6 Å². The van der Waals surface area contributed by atoms with Gasteiger partial charge >= 0.3 is 6.03 Å². The fraction of sp³-hybridized carbons (Fsp3) is 0.267. The third-order valence-electron chi connectivity index (χ3n) is 2.81. The van der Waals surface area contributed by atoms with E-state index in [0.29, 0.717) is 17.3 Å². The molecule has 0 unspecified atom stereocenters. The molecule has 1 aromatic heterocycles. The van der Waals surface area contributed by atoms with Crippen LogP contribution in [0.2, 0.25) is 0 Å². The van der Waals surface area contributed by atoms with Crippen molar-refractivity contribution < 1.29 is 9.18 Å². The van der Waals surface area contributed by atoms with Gasteiger partial charge in [0.2, 0.25) is 5.95 Å². The van der Waals surface area contributed by atoms with E-state index in [0.717, 1.165) is 5.69 Å². The number of nitrogens with zero attached hydrogens (tertiary/aromatic N) is 3. The van der Waals surface area contributed by atoms with Gasteiger partial charge in [0.1, 0.15) is 5.82 Å². The van der Waals surface area contributed by atoms with E-state index < -0.39 is 11.8 Å². The molecular weight excluding hydrogens is 285 g/mol. The Morgan fingerprint density at radius 3 is 2.73 bits per heavy atom. The van der Waals surface area contributed by atoms with Crippen molar-refractivity contribution in [2.75, 3.05) is 24.3 Å². The second kappa shape index (κ2) is 6.84. The Morgan fingerprint density at radius 2 is 2.05 bits per heavy atom. The minimum Gasteiger partial charge on any atom is -0.347 e. The van der Waals surface area contributed by atoms with E-state index >= 15 is 0 Å². The fourth-order valence-electron chi connectivity index (χ4n) is 1.82. The Morgan fingerprint density at radius 1 is 1.27 bits per heavy atom. The van der Waals surface area contributed by atoms with Gasteiger partial charge in [0, 0.05) is 25.5 Å². The molecule has 2 amide bonds. The zero-order valence-electron chi connectivity index (χ0n) is 12.7. The number of aryl methyl sites for hydroxylation is 1. The minimum atomic E-state index is -0.423. The van der Waals surface area contributed by atoms with Gasteiger partial charge < -0.3 is 15.5 Å². The molecule has 0 atom stereocenters. The first-order chi connectivity index (χ1) is 10.4. The molecule has 0 saturated carbocycles. The van der Waals surface area contributed by atoms with E-state index in [4.69, 9.17) is 0 Å². The molecule has 0 aliphatic rings. The normalized spacial score (nSPS) is 10.2. The lowest BCUT2D eigenvalue weighted by molar-refractivity contribution is 0.251. The van der Waals surface area contributed by atoms with Crippen LogP contribution < -0.4 is 15.5 Å². The highest BCUT2D eigenvalue weighted by Gasteiger charge is 2.06. The van der Waals surface area contributed by atoms with Crippen LogP contribution in [0.5, 0.6) is 0 Å². The van der Waals surface area contributed by atoms with Crippen molar-refractivity contribution in [2.24, 2.45) is 0 Å². The second-order valence-electron chi connectivity index (χ2n) is 5.01. The summed E-state index contributed by atoms with van der Waals surface area (Å²) in [6.07, 6.45) is 0. The van der Waals surface area contributed by atoms with Gasteiger partial charge in [0.05, 0.1) is 12.2 Å². The number of rotatable bonds is 4. The molecule has 0 saturated heterocycles. The number of anilines is 2. The predicted molar refractivity (Wildman–Crippen MR) is 83.4 cm³/mol. The van der Waals surface area contributed by atoms with Gasteiger partial charge in [-0.1, -0.05) is 6.07 Å². The van der Waals surface area contributed by atoms with E-state index in [1.165, 1.54) is 18.2 Å². The lowest BCUT2D eigenvalue weighted by atomic mass is 10.3. The standard InChI is InChI=1S/C15H18FN5O/c1-10-7-13(19-14(18-10)21(2)3)9-17-15(22)20-12-6-4-5-11(16)8-12/h4-8H,9H2,1-3H3,(H2,17,20,22). The molecule has 0 spiro atoms. The number of amides is 2. The molecule has 1 heterocycles. The Balaban J connectivity index is 1.96. The molecule has 0 aliphatic carbocycles. The van der Waals surface area contributed by atoms with Crippen molar-refractivity contribution >= 4 is 17.7 Å². The summed E-state index contributed by atoms with van der Waals surface area (Å²) in [6.45, 7) is 2.12. The molecule has 1 aromatic carbocycles. The Labute approximate surface area is 128 Å². The third kappa shape index (κ3) is 4.41. The maximum Gasteiger partial charge on any atom is 0.319 e. The van der Waals surface area contributed by atoms with Crippen LogP contribution in [0, 0.1) is 12.7 Å². The molecule has 2 rings (SSSR count). The van der Waals surface area contributed by atoms with Gasteiger partial charge in [-0.2, -0.15) is 0 Å². The molecule has 0 bridgehead atoms. The number of hydrogen-bond donors (Lipinski definition) is 2. The molecule has 0 aliphatic heterocycles. The Hall–Kier alpha value is -2.70. The quantitative estimate of drug-likeness (QED) is 0.909. The number of halogens is 1. The fourth-order valence-corrected chi connectivity index (χ4v) is 1.82. The molecule has 7 heteroatoms. The van der Waals surface area contributed by atoms with Crippen LogP contribution >= 0.6 is 0 Å². The lowest BCUT2D eigenvalue weighted by Crippen LogP contribution is -2.29. The number of carbonyl (C=O) groups excluding carboxylic acids is 1. The summed E-state index contributed by atoms with van der Waals surface area (Å²) in [5.74, 6) is 0.183. The van der Waals surface area contributed by atoms with Gasteiger partial charge in [0.15, 0.2) is 0 Å². The van der Waals surface area contributed by atoms with Crippen molar-refractivity contribution in [3.05, 3.63) is 47.5 Å². The molecular formula is C15H18FN5O. The SMILES string of the molecule is Cc1cc(CNC(=O)Nc2cccc(F)c2)nc(N(C)C)n1. The first-order valence-electron chi connectivity index (χ1n) is 6.76. The van der Waals surface area contributed by atoms with Crippen molar-refractivity contribution in [3.63, 3.8) is 0 Å². The second-order valence-corrected chi connectivity index (χ2v) is 5.01. The van der Waals surface area contributed by atoms with Gasteiger partial charge in [-0.05, 0) is 31.2 Å². The van der Waals surface area contributed by atoms with E-state index in [1.54, 1.807) is 17.0 Å². The highest BCUT2D eigenvalue weighted by atomic mass is 19.1. The Kier molecular flexibility index (Phi) is 4.88. The van der Waals surface area contributed by atoms with Crippen LogP contribution in [0.25, 0.3) is 0 Å². The maximum absolute atomic E-state index is 13.0. The maximum atomic E-state index is 13.0. The topological polar surface area (TPSA) is 70.2 Å². The van der Waals surface area contributed by atoms with Crippen LogP contribution in [0.3, 0.4) is 0 Å². The molecule has 0 radical (unpaired) electrons. The van der Waals surface area contributed by atoms with Crippen molar-refractivity contribution in [3.8, 4) is 0 Å². The van der Waals surface area contributed by atoms with E-state index in [9.17, 15) is 9.18 Å². The molecule has 2 aromatic rings. The van der Waals surface area contributed by atoms with Crippen LogP contribution in [-0.4, -0.2) is 30.1 Å². The first-order valence-corrected chi connectivity index (χ1v) is 6.76. The highest BCUT2D eigenvalue weighted by Crippen LogP contribution is 2.09. The van der Waals surface area contributed by atoms with E-state index in [-0.39, 0.29) is 6.54 Å². The van der Waals surface area contributed by atoms with Crippen LogP contribution in [0.15, 0.2) is 30.3 Å². The van der Waals surface area contributed by atoms with Gasteiger partial charge in [-0.25, -0.2) is 19.2 Å². The zero-order valence-corrected chi connectivity index (χ0v) is 12.7. The molecule has 2 N–H and O–H groups in total. The van der Waals surface area contributed by atoms with E-state index in [1.807, 2.05) is 21.0 Å². The number of nitrogens with one attached hydrogen (secondary N) is 2. The monoisotopic (exact) mass is 303 g/mol. The highest BCUT2D eigenvalue weighted by molar-refractivity contribution is 5.89. The third-order valence-corrected chi connectivity index (χ3v) is 2.81. The average molecular weight is 303 g/mol. The summed E-state index contributed by atoms with van der Waals surface area (Å²) in [5.41, 5.74) is 1.91. The first kappa shape index (κ1) is 15.7. The lowest BCUT2D eigenvalue weighted by Gasteiger charge is -2.13. The predicted octanol–water partition coefficient (Wildman–Crippen LogP) is 2.31. The van der Waals surface area contributed by atoms with Crippen molar-refractivity contribution in [1.82, 2.24) is 15.3 Å². The number of aromatic nitrogens is 2. The summed E-state index contributed by atoms with van der Waals surface area (Å²) < 4.78 is 13.0. The number of benzene rings is 1. The van der Waals surface area contributed by atoms with Crippen molar-refractivity contribution in [1.29, 1.82) is 0 Å². The van der Waals surface area contributed by atoms with Gasteiger partial charge in [0.25, 0.3) is 0 Å². The largest absolute Gasteiger partial charge is 0.347 e. The zero-order chi connectivity index (χ0) is 16.1. The van der Waals surface area contributed by atoms with Crippen LogP contribution in [-0.2, 0) is 6.54 Å². The number of hydrogen-bond acceptors (Lipinski definition) is 4. The van der Waals surface area contributed by atoms with Gasteiger partial charge in [-0.15, -0.1) is 0 Å². The molecule has 22 heavy (non-hydrogen) atoms. The summed E-state index contributed by atoms with van der Waals surface area (Å²) in [6, 6.07) is 7.08. The Bertz CT molecular complexity index is 675. The molecule has 6 nitrogen and oxygen atoms in total. The summed E-state index contributed by atoms with van der Waals surface area (Å²) in [7, 11) is 3.70. The summed E-state index contributed by atoms with van der Waals surface area (Å²) >= 11 is 0. The van der Waals surface area contributed by atoms with Crippen LogP contribution in [0.4, 0.5) is 20.8 Å². The van der Waals surface area contributed by atoms with Crippen LogP contribution in [0.1, 0.15) is 11.4 Å². The molecule has 0 fully saturated rings. The smallest absolute Gasteiger partial charge is 0.319 e. The summed E-state index contributed by atoms with van der Waals surface area (Å²) in [5, 5.41) is 5.24. The van der Waals surface area contributed by atoms with Crippen molar-refractivity contribution in [2.45, 2.75) is 13.5 Å². The average Bonchev–Trinajstić information content (AvgIpc) is 2.44. The minimum absolute atomic E-state index is 0.255.